The quantitative estimate of drug-likeness (QED) is 0.505. The lowest BCUT2D eigenvalue weighted by atomic mass is 10.1. The Bertz CT molecular complexity index is 644. The van der Waals surface area contributed by atoms with Crippen LogP contribution in [0.3, 0.4) is 0 Å². The van der Waals surface area contributed by atoms with Crippen LogP contribution < -0.4 is 5.32 Å². The van der Waals surface area contributed by atoms with Gasteiger partial charge in [0.05, 0.1) is 17.1 Å². The molecule has 110 valence electrons. The van der Waals surface area contributed by atoms with E-state index in [4.69, 9.17) is 11.6 Å². The molecule has 0 spiro atoms. The Hall–Kier alpha value is -2.14. The number of pyridine rings is 1. The van der Waals surface area contributed by atoms with Crippen molar-refractivity contribution in [1.29, 1.82) is 0 Å². The zero-order valence-electron chi connectivity index (χ0n) is 11.8. The molecule has 0 aliphatic carbocycles. The third-order valence-electron chi connectivity index (χ3n) is 3.24. The second kappa shape index (κ2) is 6.54. The summed E-state index contributed by atoms with van der Waals surface area (Å²) in [6, 6.07) is 10.8. The summed E-state index contributed by atoms with van der Waals surface area (Å²) in [5.41, 5.74) is 2.27. The molecule has 0 aliphatic rings. The van der Waals surface area contributed by atoms with E-state index in [1.807, 2.05) is 19.1 Å². The van der Waals surface area contributed by atoms with Gasteiger partial charge in [-0.3, -0.25) is 10.1 Å². The summed E-state index contributed by atoms with van der Waals surface area (Å²) in [4.78, 5) is 14.4. The molecule has 1 N–H and O–H groups in total. The molecule has 21 heavy (non-hydrogen) atoms. The Labute approximate surface area is 128 Å². The van der Waals surface area contributed by atoms with Crippen molar-refractivity contribution in [3.05, 3.63) is 62.8 Å². The predicted molar refractivity (Wildman–Crippen MR) is 83.8 cm³/mol. The number of nitro groups is 1. The zero-order valence-corrected chi connectivity index (χ0v) is 12.6. The van der Waals surface area contributed by atoms with Crippen molar-refractivity contribution in [2.24, 2.45) is 0 Å². The molecular weight excluding hydrogens is 290 g/mol. The van der Waals surface area contributed by atoms with Crippen molar-refractivity contribution in [3.63, 3.8) is 0 Å². The maximum absolute atomic E-state index is 10.8. The van der Waals surface area contributed by atoms with E-state index in [1.54, 1.807) is 0 Å². The van der Waals surface area contributed by atoms with Gasteiger partial charge in [-0.05, 0) is 24.5 Å². The van der Waals surface area contributed by atoms with Crippen LogP contribution in [0.4, 0.5) is 11.5 Å². The van der Waals surface area contributed by atoms with Crippen LogP contribution in [-0.2, 0) is 6.42 Å². The van der Waals surface area contributed by atoms with Crippen LogP contribution in [0.2, 0.25) is 5.15 Å². The predicted octanol–water partition coefficient (Wildman–Crippen LogP) is 4.38. The maximum atomic E-state index is 10.8. The number of aryl methyl sites for hydroxylation is 1. The van der Waals surface area contributed by atoms with Gasteiger partial charge in [-0.1, -0.05) is 42.8 Å². The fraction of sp³-hybridized carbons (Fsp3) is 0.267. The van der Waals surface area contributed by atoms with Gasteiger partial charge in [-0.25, -0.2) is 4.98 Å². The Kier molecular flexibility index (Phi) is 4.75. The topological polar surface area (TPSA) is 68.1 Å². The first-order chi connectivity index (χ1) is 9.99. The van der Waals surface area contributed by atoms with Gasteiger partial charge >= 0.3 is 0 Å². The van der Waals surface area contributed by atoms with Gasteiger partial charge in [0.15, 0.2) is 0 Å². The molecule has 0 aliphatic heterocycles. The van der Waals surface area contributed by atoms with Crippen LogP contribution in [0.5, 0.6) is 0 Å². The van der Waals surface area contributed by atoms with Gasteiger partial charge in [-0.15, -0.1) is 0 Å². The van der Waals surface area contributed by atoms with Crippen LogP contribution in [0.1, 0.15) is 31.0 Å². The fourth-order valence-corrected chi connectivity index (χ4v) is 2.21. The first-order valence-electron chi connectivity index (χ1n) is 6.67. The highest BCUT2D eigenvalue weighted by Gasteiger charge is 2.12. The first-order valence-corrected chi connectivity index (χ1v) is 7.04. The molecule has 5 nitrogen and oxygen atoms in total. The third-order valence-corrected chi connectivity index (χ3v) is 3.44. The van der Waals surface area contributed by atoms with E-state index < -0.39 is 4.92 Å². The summed E-state index contributed by atoms with van der Waals surface area (Å²) >= 11 is 5.81. The molecule has 0 saturated heterocycles. The molecule has 0 radical (unpaired) electrons. The molecule has 1 heterocycles. The minimum Gasteiger partial charge on any atom is -0.363 e. The highest BCUT2D eigenvalue weighted by atomic mass is 35.5. The summed E-state index contributed by atoms with van der Waals surface area (Å²) in [7, 11) is 0. The minimum absolute atomic E-state index is 0.0264. The average molecular weight is 306 g/mol. The van der Waals surface area contributed by atoms with Crippen LogP contribution in [0.25, 0.3) is 0 Å². The lowest BCUT2D eigenvalue weighted by Crippen LogP contribution is -2.08. The molecule has 0 fully saturated rings. The summed E-state index contributed by atoms with van der Waals surface area (Å²) in [5, 5.41) is 14.1. The number of rotatable bonds is 5. The number of halogens is 1. The molecule has 1 aromatic carbocycles. The number of hydrogen-bond acceptors (Lipinski definition) is 4. The van der Waals surface area contributed by atoms with Crippen molar-refractivity contribution >= 4 is 23.1 Å². The van der Waals surface area contributed by atoms with Gasteiger partial charge in [0.25, 0.3) is 5.69 Å². The summed E-state index contributed by atoms with van der Waals surface area (Å²) in [6.45, 7) is 4.07. The van der Waals surface area contributed by atoms with Gasteiger partial charge in [0.2, 0.25) is 0 Å². The van der Waals surface area contributed by atoms with Crippen LogP contribution in [0.15, 0.2) is 36.4 Å². The fourth-order valence-electron chi connectivity index (χ4n) is 2.01. The number of nitrogens with one attached hydrogen (secondary N) is 1. The maximum Gasteiger partial charge on any atom is 0.276 e. The number of anilines is 1. The standard InChI is InChI=1S/C15H16ClN3O2/c1-3-11-4-6-12(7-5-11)10(2)17-15-9-13(19(20)21)8-14(16)18-15/h4-10H,3H2,1-2H3,(H,17,18). The molecule has 1 atom stereocenters. The van der Waals surface area contributed by atoms with Gasteiger partial charge in [0, 0.05) is 6.04 Å². The van der Waals surface area contributed by atoms with Crippen molar-refractivity contribution in [2.45, 2.75) is 26.3 Å². The molecular formula is C15H16ClN3O2. The highest BCUT2D eigenvalue weighted by molar-refractivity contribution is 6.29. The van der Waals surface area contributed by atoms with E-state index in [-0.39, 0.29) is 16.9 Å². The van der Waals surface area contributed by atoms with E-state index in [1.165, 1.54) is 17.7 Å². The monoisotopic (exact) mass is 305 g/mol. The van der Waals surface area contributed by atoms with Gasteiger partial charge in [-0.2, -0.15) is 0 Å². The second-order valence-electron chi connectivity index (χ2n) is 4.75. The minimum atomic E-state index is -0.487. The Morgan fingerprint density at radius 1 is 1.33 bits per heavy atom. The van der Waals surface area contributed by atoms with Crippen molar-refractivity contribution in [2.75, 3.05) is 5.32 Å². The number of nitrogens with zero attached hydrogens (tertiary/aromatic N) is 2. The average Bonchev–Trinajstić information content (AvgIpc) is 2.46. The molecule has 2 aromatic rings. The zero-order chi connectivity index (χ0) is 15.4. The SMILES string of the molecule is CCc1ccc(C(C)Nc2cc([N+](=O)[O-])cc(Cl)n2)cc1. The number of hydrogen-bond donors (Lipinski definition) is 1. The second-order valence-corrected chi connectivity index (χ2v) is 5.14. The van der Waals surface area contributed by atoms with E-state index in [0.29, 0.717) is 5.82 Å². The lowest BCUT2D eigenvalue weighted by Gasteiger charge is -2.15. The van der Waals surface area contributed by atoms with E-state index in [9.17, 15) is 10.1 Å². The lowest BCUT2D eigenvalue weighted by molar-refractivity contribution is -0.384. The molecule has 0 amide bonds. The molecule has 0 bridgehead atoms. The number of benzene rings is 1. The molecule has 6 heteroatoms. The third kappa shape index (κ3) is 3.92. The van der Waals surface area contributed by atoms with E-state index in [0.717, 1.165) is 12.0 Å². The van der Waals surface area contributed by atoms with Crippen LogP contribution in [-0.4, -0.2) is 9.91 Å². The van der Waals surface area contributed by atoms with Gasteiger partial charge < -0.3 is 5.32 Å². The molecule has 2 rings (SSSR count). The van der Waals surface area contributed by atoms with Crippen molar-refractivity contribution in [1.82, 2.24) is 4.98 Å². The van der Waals surface area contributed by atoms with Crippen LogP contribution in [0, 0.1) is 10.1 Å². The first kappa shape index (κ1) is 15.3. The smallest absolute Gasteiger partial charge is 0.276 e. The van der Waals surface area contributed by atoms with Gasteiger partial charge in [0.1, 0.15) is 11.0 Å². The van der Waals surface area contributed by atoms with E-state index in [2.05, 4.69) is 29.4 Å². The van der Waals surface area contributed by atoms with Crippen molar-refractivity contribution < 1.29 is 4.92 Å². The molecule has 0 saturated carbocycles. The molecule has 1 aromatic heterocycles. The largest absolute Gasteiger partial charge is 0.363 e. The Morgan fingerprint density at radius 2 is 2.00 bits per heavy atom. The Morgan fingerprint density at radius 3 is 2.57 bits per heavy atom. The number of aromatic nitrogens is 1. The summed E-state index contributed by atoms with van der Waals surface area (Å²) in [5.74, 6) is 0.390. The van der Waals surface area contributed by atoms with E-state index >= 15 is 0 Å². The van der Waals surface area contributed by atoms with Crippen LogP contribution >= 0.6 is 11.6 Å². The highest BCUT2D eigenvalue weighted by Crippen LogP contribution is 2.24. The molecule has 1 unspecified atom stereocenters. The van der Waals surface area contributed by atoms with Crippen molar-refractivity contribution in [3.8, 4) is 0 Å². The summed E-state index contributed by atoms with van der Waals surface area (Å²) < 4.78 is 0. The Balaban J connectivity index is 2.18. The summed E-state index contributed by atoms with van der Waals surface area (Å²) in [6.07, 6.45) is 0.990. The normalized spacial score (nSPS) is 12.0.